The van der Waals surface area contributed by atoms with Crippen molar-refractivity contribution in [1.29, 1.82) is 0 Å². The Labute approximate surface area is 412 Å². The van der Waals surface area contributed by atoms with Crippen molar-refractivity contribution >= 4 is 54.5 Å². The molecule has 11 aromatic carbocycles. The molecular formula is C68H45N3. The molecule has 0 radical (unpaired) electrons. The van der Waals surface area contributed by atoms with E-state index < -0.39 is 0 Å². The molecule has 0 spiro atoms. The van der Waals surface area contributed by atoms with Crippen molar-refractivity contribution in [3.8, 4) is 72.7 Å². The number of benzene rings is 11. The maximum absolute atomic E-state index is 2.51. The predicted octanol–water partition coefficient (Wildman–Crippen LogP) is 18.2. The Hall–Kier alpha value is -9.44. The summed E-state index contributed by atoms with van der Waals surface area (Å²) in [5.74, 6) is 0. The first-order valence-electron chi connectivity index (χ1n) is 24.4. The molecule has 0 aliphatic carbocycles. The van der Waals surface area contributed by atoms with E-state index in [-0.39, 0.29) is 0 Å². The van der Waals surface area contributed by atoms with E-state index in [1.165, 1.54) is 88.0 Å². The molecule has 0 N–H and O–H groups in total. The summed E-state index contributed by atoms with van der Waals surface area (Å²) in [6, 6.07) is 97.6. The molecule has 14 aromatic rings. The highest BCUT2D eigenvalue weighted by Gasteiger charge is 2.21. The molecule has 3 heteroatoms. The van der Waals surface area contributed by atoms with Gasteiger partial charge in [0.25, 0.3) is 0 Å². The highest BCUT2D eigenvalue weighted by Crippen LogP contribution is 2.42. The zero-order chi connectivity index (χ0) is 46.8. The smallest absolute Gasteiger partial charge is 0.0635 e. The summed E-state index contributed by atoms with van der Waals surface area (Å²) in [7, 11) is 0. The first kappa shape index (κ1) is 40.6. The minimum absolute atomic E-state index is 1.10. The van der Waals surface area contributed by atoms with Crippen LogP contribution in [0.3, 0.4) is 0 Å². The first-order valence-corrected chi connectivity index (χ1v) is 24.4. The van der Waals surface area contributed by atoms with Gasteiger partial charge in [-0.05, 0) is 134 Å². The van der Waals surface area contributed by atoms with Gasteiger partial charge in [0.2, 0.25) is 0 Å². The van der Waals surface area contributed by atoms with Crippen LogP contribution in [-0.4, -0.2) is 13.7 Å². The quantitative estimate of drug-likeness (QED) is 0.144. The third kappa shape index (κ3) is 6.89. The molecule has 0 aliphatic heterocycles. The van der Waals surface area contributed by atoms with E-state index in [1.807, 2.05) is 0 Å². The molecule has 0 bridgehead atoms. The lowest BCUT2D eigenvalue weighted by Gasteiger charge is -2.16. The molecule has 0 amide bonds. The molecular weight excluding hydrogens is 859 g/mol. The van der Waals surface area contributed by atoms with Gasteiger partial charge in [-0.15, -0.1) is 0 Å². The maximum Gasteiger partial charge on any atom is 0.0635 e. The fourth-order valence-corrected chi connectivity index (χ4v) is 11.1. The lowest BCUT2D eigenvalue weighted by Crippen LogP contribution is -2.00. The number of hydrogen-bond acceptors (Lipinski definition) is 0. The molecule has 0 unspecified atom stereocenters. The van der Waals surface area contributed by atoms with E-state index in [4.69, 9.17) is 0 Å². The van der Waals surface area contributed by atoms with Gasteiger partial charge in [-0.1, -0.05) is 188 Å². The average Bonchev–Trinajstić information content (AvgIpc) is 4.14. The molecule has 14 rings (SSSR count). The number of hydrogen-bond donors (Lipinski definition) is 0. The molecule has 0 aliphatic rings. The Kier molecular flexibility index (Phi) is 9.53. The van der Waals surface area contributed by atoms with Gasteiger partial charge in [-0.3, -0.25) is 0 Å². The van der Waals surface area contributed by atoms with Crippen LogP contribution in [0.15, 0.2) is 273 Å². The SMILES string of the molecule is c1ccc(-c2cc(-c3ccccc3)cc(-n3ccc4c3ccc3c5ccccc5n(-c5cc(-c6ccccc6)cc(-n6c7ccc(-c8ccccc8)cc7c7cc(-c8ccccc8)ccc76)c5)c34)c2)cc1. The van der Waals surface area contributed by atoms with Crippen LogP contribution < -0.4 is 0 Å². The summed E-state index contributed by atoms with van der Waals surface area (Å²) >= 11 is 0. The second-order valence-corrected chi connectivity index (χ2v) is 18.6. The third-order valence-corrected chi connectivity index (χ3v) is 14.4. The summed E-state index contributed by atoms with van der Waals surface area (Å²) in [5.41, 5.74) is 21.0. The van der Waals surface area contributed by atoms with Crippen LogP contribution in [-0.2, 0) is 0 Å². The van der Waals surface area contributed by atoms with Crippen LogP contribution in [0.1, 0.15) is 0 Å². The maximum atomic E-state index is 2.51. The summed E-state index contributed by atoms with van der Waals surface area (Å²) in [5, 5.41) is 6.07. The van der Waals surface area contributed by atoms with Crippen LogP contribution in [0.2, 0.25) is 0 Å². The van der Waals surface area contributed by atoms with Gasteiger partial charge < -0.3 is 13.7 Å². The van der Waals surface area contributed by atoms with E-state index in [2.05, 4.69) is 287 Å². The molecule has 0 saturated carbocycles. The average molecular weight is 904 g/mol. The molecule has 332 valence electrons. The number of fused-ring (bicyclic) bond motifs is 8. The zero-order valence-corrected chi connectivity index (χ0v) is 38.8. The van der Waals surface area contributed by atoms with E-state index in [0.717, 1.165) is 39.2 Å². The van der Waals surface area contributed by atoms with Gasteiger partial charge in [0.1, 0.15) is 0 Å². The molecule has 71 heavy (non-hydrogen) atoms. The van der Waals surface area contributed by atoms with Crippen molar-refractivity contribution in [3.63, 3.8) is 0 Å². The molecule has 0 atom stereocenters. The van der Waals surface area contributed by atoms with Crippen LogP contribution in [0, 0.1) is 0 Å². The van der Waals surface area contributed by atoms with Gasteiger partial charge in [-0.2, -0.15) is 0 Å². The Balaban J connectivity index is 1.02. The van der Waals surface area contributed by atoms with Crippen LogP contribution in [0.5, 0.6) is 0 Å². The van der Waals surface area contributed by atoms with Crippen molar-refractivity contribution in [1.82, 2.24) is 13.7 Å². The standard InChI is InChI=1S/C68H45N3/c1-6-18-46(19-7-1)51-30-33-66-62(43-51)63-44-52(47-20-8-2-9-21-47)31-34-67(63)70(66)57-41-55(50-26-14-5-15-27-50)42-58(45-57)71-65-29-17-16-28-59(65)60-32-35-64-61(68(60)71)36-37-69(64)56-39-53(48-22-10-3-11-23-48)38-54(40-56)49-24-12-4-13-25-49/h1-45H. The van der Waals surface area contributed by atoms with Gasteiger partial charge >= 0.3 is 0 Å². The summed E-state index contributed by atoms with van der Waals surface area (Å²) in [6.45, 7) is 0. The summed E-state index contributed by atoms with van der Waals surface area (Å²) in [6.07, 6.45) is 2.25. The Bertz CT molecular complexity index is 4140. The fraction of sp³-hybridized carbons (Fsp3) is 0. The van der Waals surface area contributed by atoms with Gasteiger partial charge in [0, 0.05) is 50.2 Å². The van der Waals surface area contributed by atoms with Crippen molar-refractivity contribution in [3.05, 3.63) is 273 Å². The van der Waals surface area contributed by atoms with E-state index in [0.29, 0.717) is 0 Å². The number of rotatable bonds is 8. The van der Waals surface area contributed by atoms with Crippen molar-refractivity contribution < 1.29 is 0 Å². The van der Waals surface area contributed by atoms with E-state index >= 15 is 0 Å². The molecule has 0 saturated heterocycles. The number of para-hydroxylation sites is 1. The Morgan fingerprint density at radius 1 is 0.197 bits per heavy atom. The van der Waals surface area contributed by atoms with Crippen molar-refractivity contribution in [2.75, 3.05) is 0 Å². The third-order valence-electron chi connectivity index (χ3n) is 14.4. The molecule has 3 nitrogen and oxygen atoms in total. The molecule has 3 heterocycles. The largest absolute Gasteiger partial charge is 0.316 e. The topological polar surface area (TPSA) is 14.8 Å². The van der Waals surface area contributed by atoms with E-state index in [9.17, 15) is 0 Å². The highest BCUT2D eigenvalue weighted by atomic mass is 15.0. The van der Waals surface area contributed by atoms with Crippen LogP contribution >= 0.6 is 0 Å². The minimum atomic E-state index is 1.10. The zero-order valence-electron chi connectivity index (χ0n) is 38.8. The normalized spacial score (nSPS) is 11.7. The summed E-state index contributed by atoms with van der Waals surface area (Å²) < 4.78 is 7.36. The second kappa shape index (κ2) is 16.7. The molecule has 3 aromatic heterocycles. The molecule has 0 fully saturated rings. The van der Waals surface area contributed by atoms with Crippen LogP contribution in [0.4, 0.5) is 0 Å². The van der Waals surface area contributed by atoms with E-state index in [1.54, 1.807) is 0 Å². The first-order chi connectivity index (χ1) is 35.2. The Morgan fingerprint density at radius 3 is 1.13 bits per heavy atom. The van der Waals surface area contributed by atoms with Gasteiger partial charge in [0.15, 0.2) is 0 Å². The van der Waals surface area contributed by atoms with Crippen LogP contribution in [0.25, 0.3) is 127 Å². The van der Waals surface area contributed by atoms with Crippen molar-refractivity contribution in [2.45, 2.75) is 0 Å². The Morgan fingerprint density at radius 2 is 0.606 bits per heavy atom. The minimum Gasteiger partial charge on any atom is -0.316 e. The lowest BCUT2D eigenvalue weighted by molar-refractivity contribution is 1.13. The number of aromatic nitrogens is 3. The van der Waals surface area contributed by atoms with Gasteiger partial charge in [-0.25, -0.2) is 0 Å². The van der Waals surface area contributed by atoms with Gasteiger partial charge in [0.05, 0.1) is 27.6 Å². The monoisotopic (exact) mass is 903 g/mol. The highest BCUT2D eigenvalue weighted by molar-refractivity contribution is 6.19. The van der Waals surface area contributed by atoms with Crippen molar-refractivity contribution in [2.24, 2.45) is 0 Å². The number of nitrogens with zero attached hydrogens (tertiary/aromatic N) is 3. The fourth-order valence-electron chi connectivity index (χ4n) is 11.1. The second-order valence-electron chi connectivity index (χ2n) is 18.6. The lowest BCUT2D eigenvalue weighted by atomic mass is 9.98. The summed E-state index contributed by atoms with van der Waals surface area (Å²) in [4.78, 5) is 0. The predicted molar refractivity (Wildman–Crippen MR) is 299 cm³/mol.